The van der Waals surface area contributed by atoms with Gasteiger partial charge in [0.2, 0.25) is 0 Å². The molecule has 0 unspecified atom stereocenters. The molecule has 0 saturated carbocycles. The number of piperidine rings is 2. The fraction of sp³-hybridized carbons (Fsp3) is 0.462. The van der Waals surface area contributed by atoms with Crippen LogP contribution in [0.4, 0.5) is 13.2 Å². The van der Waals surface area contributed by atoms with Crippen molar-refractivity contribution in [2.75, 3.05) is 26.2 Å². The number of alkyl halides is 3. The van der Waals surface area contributed by atoms with Crippen LogP contribution in [0.1, 0.15) is 50.7 Å². The first-order valence-corrected chi connectivity index (χ1v) is 11.8. The Balaban J connectivity index is 0.00000324. The Kier molecular flexibility index (Phi) is 12.1. The van der Waals surface area contributed by atoms with Gasteiger partial charge in [0, 0.05) is 40.5 Å². The summed E-state index contributed by atoms with van der Waals surface area (Å²) in [6.07, 6.45) is -0.465. The fourth-order valence-corrected chi connectivity index (χ4v) is 5.27. The third kappa shape index (κ3) is 7.29. The van der Waals surface area contributed by atoms with Crippen molar-refractivity contribution in [3.8, 4) is 0 Å². The van der Waals surface area contributed by atoms with Crippen LogP contribution in [0.25, 0.3) is 5.57 Å². The summed E-state index contributed by atoms with van der Waals surface area (Å²) in [4.78, 5) is 4.69. The molecule has 0 radical (unpaired) electrons. The van der Waals surface area contributed by atoms with E-state index in [4.69, 9.17) is 0 Å². The van der Waals surface area contributed by atoms with E-state index in [9.17, 15) is 18.2 Å². The number of hydrogen-bond donors (Lipinski definition) is 1. The van der Waals surface area contributed by atoms with Gasteiger partial charge in [-0.3, -0.25) is 4.90 Å². The second-order valence-corrected chi connectivity index (χ2v) is 9.57. The predicted octanol–water partition coefficient (Wildman–Crippen LogP) is 4.16. The first kappa shape index (κ1) is 32.5. The van der Waals surface area contributed by atoms with Crippen LogP contribution in [0.3, 0.4) is 0 Å². The van der Waals surface area contributed by atoms with Gasteiger partial charge in [0.05, 0.1) is 5.56 Å². The van der Waals surface area contributed by atoms with Gasteiger partial charge in [-0.15, -0.1) is 0 Å². The molecule has 2 fully saturated rings. The average molecular weight is 601 g/mol. The molecule has 5 nitrogen and oxygen atoms in total. The summed E-state index contributed by atoms with van der Waals surface area (Å²) in [5.41, 5.74) is 3.78. The Morgan fingerprint density at radius 2 is 1.39 bits per heavy atom. The van der Waals surface area contributed by atoms with Crippen molar-refractivity contribution in [2.24, 2.45) is 0 Å². The van der Waals surface area contributed by atoms with Crippen LogP contribution in [0, 0.1) is 0 Å². The molecular weight excluding hydrogens is 563 g/mol. The number of benzene rings is 2. The van der Waals surface area contributed by atoms with E-state index in [1.54, 1.807) is 12.1 Å². The molecule has 0 amide bonds. The second kappa shape index (κ2) is 13.3. The Hall–Kier alpha value is -1.50. The third-order valence-corrected chi connectivity index (χ3v) is 7.45. The van der Waals surface area contributed by atoms with Gasteiger partial charge in [-0.05, 0) is 81.4 Å². The number of rotatable bonds is 4. The Morgan fingerprint density at radius 3 is 1.86 bits per heavy atom. The maximum absolute atomic E-state index is 13.1. The van der Waals surface area contributed by atoms with E-state index in [0.29, 0.717) is 0 Å². The van der Waals surface area contributed by atoms with E-state index in [-0.39, 0.29) is 38.3 Å². The van der Waals surface area contributed by atoms with Crippen molar-refractivity contribution in [1.82, 2.24) is 9.71 Å². The molecular formula is C26H38BF3N2O3Pd. The smallest absolute Gasteiger partial charge is 0.416 e. The van der Waals surface area contributed by atoms with Gasteiger partial charge in [0.15, 0.2) is 0 Å². The minimum Gasteiger partial charge on any atom is -0.437 e. The zero-order valence-electron chi connectivity index (χ0n) is 20.7. The molecule has 36 heavy (non-hydrogen) atoms. The van der Waals surface area contributed by atoms with Crippen molar-refractivity contribution in [3.05, 3.63) is 76.9 Å². The van der Waals surface area contributed by atoms with Crippen molar-refractivity contribution >= 4 is 12.6 Å². The van der Waals surface area contributed by atoms with Crippen LogP contribution in [0.2, 0.25) is 6.82 Å². The zero-order valence-corrected chi connectivity index (χ0v) is 22.3. The largest absolute Gasteiger partial charge is 0.437 e. The molecule has 2 aromatic rings. The molecule has 0 atom stereocenters. The molecule has 0 spiro atoms. The van der Waals surface area contributed by atoms with Gasteiger partial charge < -0.3 is 20.8 Å². The minimum absolute atomic E-state index is 0. The van der Waals surface area contributed by atoms with E-state index in [1.807, 2.05) is 37.2 Å². The molecule has 5 N–H and O–H groups in total. The molecule has 2 aromatic carbocycles. The Morgan fingerprint density at radius 1 is 0.889 bits per heavy atom. The molecule has 4 rings (SSSR count). The average Bonchev–Trinajstić information content (AvgIpc) is 2.80. The number of likely N-dealkylation sites (tertiary alicyclic amines) is 1. The van der Waals surface area contributed by atoms with Crippen LogP contribution in [0.15, 0.2) is 60.2 Å². The van der Waals surface area contributed by atoms with Gasteiger partial charge >= 0.3 is 13.2 Å². The van der Waals surface area contributed by atoms with Crippen molar-refractivity contribution in [3.63, 3.8) is 0 Å². The first-order valence-electron chi connectivity index (χ1n) is 11.8. The van der Waals surface area contributed by atoms with E-state index in [2.05, 4.69) is 16.6 Å². The number of halogens is 3. The SMILES string of the molecule is CB(O)N1CCC(C)(N2CCC(=C(c3ccccc3)c3ccc(C(F)(F)F)cc3)CC2)CC1.O.O.[HH].[Pd]. The predicted molar refractivity (Wildman–Crippen MR) is 137 cm³/mol. The molecule has 10 heteroatoms. The quantitative estimate of drug-likeness (QED) is 0.535. The summed E-state index contributed by atoms with van der Waals surface area (Å²) in [6, 6.07) is 15.6. The summed E-state index contributed by atoms with van der Waals surface area (Å²) < 4.78 is 39.3. The van der Waals surface area contributed by atoms with Gasteiger partial charge in [-0.1, -0.05) is 48.0 Å². The maximum atomic E-state index is 13.1. The molecule has 0 aromatic heterocycles. The van der Waals surface area contributed by atoms with Gasteiger partial charge in [-0.2, -0.15) is 13.2 Å². The molecule has 2 aliphatic heterocycles. The summed E-state index contributed by atoms with van der Waals surface area (Å²) in [5, 5.41) is 9.88. The van der Waals surface area contributed by atoms with Crippen LogP contribution in [-0.4, -0.2) is 64.5 Å². The summed E-state index contributed by atoms with van der Waals surface area (Å²) in [6.45, 7) is 7.83. The van der Waals surface area contributed by atoms with Gasteiger partial charge in [0.1, 0.15) is 0 Å². The molecule has 204 valence electrons. The molecule has 0 aliphatic carbocycles. The molecule has 2 aliphatic rings. The van der Waals surface area contributed by atoms with Crippen LogP contribution in [0.5, 0.6) is 0 Å². The fourth-order valence-electron chi connectivity index (χ4n) is 5.27. The monoisotopic (exact) mass is 600 g/mol. The first-order chi connectivity index (χ1) is 15.7. The molecule has 2 heterocycles. The van der Waals surface area contributed by atoms with Gasteiger partial charge in [-0.25, -0.2) is 0 Å². The number of nitrogens with zero attached hydrogens (tertiary/aromatic N) is 2. The van der Waals surface area contributed by atoms with Crippen molar-refractivity contribution in [1.29, 1.82) is 0 Å². The second-order valence-electron chi connectivity index (χ2n) is 9.57. The Bertz CT molecular complexity index is 977. The number of hydrogen-bond acceptors (Lipinski definition) is 3. The van der Waals surface area contributed by atoms with Gasteiger partial charge in [0.25, 0.3) is 0 Å². The van der Waals surface area contributed by atoms with E-state index in [0.717, 1.165) is 68.6 Å². The van der Waals surface area contributed by atoms with Crippen molar-refractivity contribution in [2.45, 2.75) is 51.1 Å². The summed E-state index contributed by atoms with van der Waals surface area (Å²) in [7, 11) is -0.400. The summed E-state index contributed by atoms with van der Waals surface area (Å²) in [5.74, 6) is 0. The minimum atomic E-state index is -4.33. The zero-order chi connectivity index (χ0) is 23.6. The normalized spacial score (nSPS) is 18.3. The third-order valence-electron chi connectivity index (χ3n) is 7.45. The molecule has 0 bridgehead atoms. The van der Waals surface area contributed by atoms with E-state index < -0.39 is 18.8 Å². The Labute approximate surface area is 227 Å². The van der Waals surface area contributed by atoms with Crippen LogP contribution >= 0.6 is 0 Å². The topological polar surface area (TPSA) is 89.7 Å². The van der Waals surface area contributed by atoms with Crippen LogP contribution < -0.4 is 0 Å². The maximum Gasteiger partial charge on any atom is 0.416 e. The van der Waals surface area contributed by atoms with Crippen LogP contribution in [-0.2, 0) is 26.6 Å². The van der Waals surface area contributed by atoms with E-state index >= 15 is 0 Å². The summed E-state index contributed by atoms with van der Waals surface area (Å²) >= 11 is 0. The molecule has 2 saturated heterocycles. The van der Waals surface area contributed by atoms with Crippen molar-refractivity contribution < 1.29 is 51.0 Å². The standard InChI is InChI=1S/C26H32BF3N2O.2H2O.Pd.H2/c1-25(14-18-32(19-15-25)27(2)33)31-16-12-22(13-17-31)24(20-6-4-3-5-7-20)21-8-10-23(11-9-21)26(28,29)30;;;;/h3-11,33H,12-19H2,1-2H3;2*1H2;;1H. The van der Waals surface area contributed by atoms with E-state index in [1.165, 1.54) is 17.7 Å².